The Bertz CT molecular complexity index is 307. The summed E-state index contributed by atoms with van der Waals surface area (Å²) in [6.07, 6.45) is 1.21. The molecule has 0 aliphatic rings. The van der Waals surface area contributed by atoms with Crippen LogP contribution in [0.1, 0.15) is 44.3 Å². The van der Waals surface area contributed by atoms with E-state index in [4.69, 9.17) is 9.63 Å². The summed E-state index contributed by atoms with van der Waals surface area (Å²) < 4.78 is 4.95. The highest BCUT2D eigenvalue weighted by Crippen LogP contribution is 2.10. The molecule has 1 rings (SSSR count). The van der Waals surface area contributed by atoms with Crippen molar-refractivity contribution in [2.24, 2.45) is 0 Å². The van der Waals surface area contributed by atoms with Gasteiger partial charge in [0, 0.05) is 18.8 Å². The summed E-state index contributed by atoms with van der Waals surface area (Å²) in [5, 5.41) is 12.2. The number of carbonyl (C=O) groups is 1. The van der Waals surface area contributed by atoms with Crippen molar-refractivity contribution in [2.45, 2.75) is 39.0 Å². The second-order valence-electron chi connectivity index (χ2n) is 3.45. The Hall–Kier alpha value is -1.39. The highest BCUT2D eigenvalue weighted by atomic mass is 16.5. The van der Waals surface area contributed by atoms with Crippen molar-refractivity contribution >= 4 is 5.97 Å². The molecule has 0 saturated carbocycles. The first-order valence-electron chi connectivity index (χ1n) is 4.64. The fraction of sp³-hybridized carbons (Fsp3) is 0.667. The Balaban J connectivity index is 2.40. The smallest absolute Gasteiger partial charge is 0.303 e. The molecule has 1 heterocycles. The Morgan fingerprint density at radius 1 is 1.57 bits per heavy atom. The van der Waals surface area contributed by atoms with E-state index in [0.29, 0.717) is 24.6 Å². The Kier molecular flexibility index (Phi) is 3.62. The third-order valence-corrected chi connectivity index (χ3v) is 1.78. The van der Waals surface area contributed by atoms with E-state index in [1.165, 1.54) is 0 Å². The molecule has 5 nitrogen and oxygen atoms in total. The lowest BCUT2D eigenvalue weighted by atomic mass is 10.2. The predicted octanol–water partition coefficient (Wildman–Crippen LogP) is 1.60. The maximum atomic E-state index is 10.2. The van der Waals surface area contributed by atoms with Gasteiger partial charge in [0.2, 0.25) is 5.89 Å². The van der Waals surface area contributed by atoms with Gasteiger partial charge in [-0.15, -0.1) is 0 Å². The second kappa shape index (κ2) is 4.74. The van der Waals surface area contributed by atoms with Crippen LogP contribution >= 0.6 is 0 Å². The van der Waals surface area contributed by atoms with Gasteiger partial charge in [0.25, 0.3) is 0 Å². The number of aliphatic carboxylic acids is 1. The maximum Gasteiger partial charge on any atom is 0.303 e. The molecule has 14 heavy (non-hydrogen) atoms. The van der Waals surface area contributed by atoms with Crippen molar-refractivity contribution in [1.29, 1.82) is 0 Å². The molecule has 0 aliphatic heterocycles. The summed E-state index contributed by atoms with van der Waals surface area (Å²) in [5.74, 6) is 0.644. The molecule has 5 heteroatoms. The molecule has 0 atom stereocenters. The second-order valence-corrected chi connectivity index (χ2v) is 3.45. The van der Waals surface area contributed by atoms with Crippen LogP contribution in [0.4, 0.5) is 0 Å². The van der Waals surface area contributed by atoms with Crippen LogP contribution in [0.2, 0.25) is 0 Å². The third-order valence-electron chi connectivity index (χ3n) is 1.78. The molecule has 0 radical (unpaired) electrons. The van der Waals surface area contributed by atoms with Crippen molar-refractivity contribution in [1.82, 2.24) is 10.1 Å². The van der Waals surface area contributed by atoms with Crippen molar-refractivity contribution in [3.63, 3.8) is 0 Å². The number of carboxylic acid groups (broad SMARTS) is 1. The van der Waals surface area contributed by atoms with Gasteiger partial charge in [-0.05, 0) is 6.42 Å². The number of nitrogens with zero attached hydrogens (tertiary/aromatic N) is 2. The van der Waals surface area contributed by atoms with Crippen LogP contribution in [0.25, 0.3) is 0 Å². The highest BCUT2D eigenvalue weighted by Gasteiger charge is 2.09. The van der Waals surface area contributed by atoms with Crippen molar-refractivity contribution < 1.29 is 14.4 Å². The van der Waals surface area contributed by atoms with Gasteiger partial charge in [0.05, 0.1) is 0 Å². The van der Waals surface area contributed by atoms with E-state index in [0.717, 1.165) is 0 Å². The van der Waals surface area contributed by atoms with Crippen molar-refractivity contribution in [2.75, 3.05) is 0 Å². The fourth-order valence-electron chi connectivity index (χ4n) is 0.995. The minimum atomic E-state index is -0.798. The van der Waals surface area contributed by atoms with E-state index in [1.54, 1.807) is 0 Å². The van der Waals surface area contributed by atoms with Gasteiger partial charge < -0.3 is 9.63 Å². The minimum absolute atomic E-state index is 0.138. The molecule has 0 saturated heterocycles. The zero-order valence-electron chi connectivity index (χ0n) is 8.36. The molecule has 0 aliphatic carbocycles. The summed E-state index contributed by atoms with van der Waals surface area (Å²) in [5.41, 5.74) is 0. The monoisotopic (exact) mass is 198 g/mol. The molecule has 1 N–H and O–H groups in total. The summed E-state index contributed by atoms with van der Waals surface area (Å²) in [6.45, 7) is 3.96. The molecular formula is C9H14N2O3. The van der Waals surface area contributed by atoms with Crippen LogP contribution in [0.5, 0.6) is 0 Å². The zero-order valence-corrected chi connectivity index (χ0v) is 8.36. The Labute approximate surface area is 82.1 Å². The molecule has 78 valence electrons. The van der Waals surface area contributed by atoms with Gasteiger partial charge in [0.15, 0.2) is 5.82 Å². The molecule has 0 spiro atoms. The van der Waals surface area contributed by atoms with Crippen LogP contribution < -0.4 is 0 Å². The van der Waals surface area contributed by atoms with Gasteiger partial charge in [-0.25, -0.2) is 0 Å². The number of hydrogen-bond donors (Lipinski definition) is 1. The van der Waals surface area contributed by atoms with Crippen LogP contribution in [0, 0.1) is 0 Å². The number of rotatable bonds is 5. The van der Waals surface area contributed by atoms with E-state index in [-0.39, 0.29) is 12.3 Å². The zero-order chi connectivity index (χ0) is 10.6. The lowest BCUT2D eigenvalue weighted by molar-refractivity contribution is -0.137. The van der Waals surface area contributed by atoms with Gasteiger partial charge in [-0.3, -0.25) is 4.79 Å². The summed E-state index contributed by atoms with van der Waals surface area (Å²) >= 11 is 0. The largest absolute Gasteiger partial charge is 0.481 e. The molecule has 1 aromatic heterocycles. The molecular weight excluding hydrogens is 184 g/mol. The van der Waals surface area contributed by atoms with E-state index < -0.39 is 5.97 Å². The number of hydrogen-bond acceptors (Lipinski definition) is 4. The van der Waals surface area contributed by atoms with Crippen molar-refractivity contribution in [3.05, 3.63) is 11.7 Å². The lowest BCUT2D eigenvalue weighted by Gasteiger charge is -1.92. The lowest BCUT2D eigenvalue weighted by Crippen LogP contribution is -1.96. The molecule has 0 unspecified atom stereocenters. The standard InChI is InChI=1S/C9H14N2O3/c1-6(2)9-10-7(14-11-9)4-3-5-8(12)13/h6H,3-5H2,1-2H3,(H,12,13). The van der Waals surface area contributed by atoms with E-state index in [2.05, 4.69) is 10.1 Å². The van der Waals surface area contributed by atoms with E-state index in [9.17, 15) is 4.79 Å². The molecule has 0 aromatic carbocycles. The van der Waals surface area contributed by atoms with Crippen LogP contribution in [0.3, 0.4) is 0 Å². The molecule has 0 fully saturated rings. The first kappa shape index (κ1) is 10.7. The van der Waals surface area contributed by atoms with Crippen LogP contribution in [0.15, 0.2) is 4.52 Å². The fourth-order valence-corrected chi connectivity index (χ4v) is 0.995. The molecule has 1 aromatic rings. The minimum Gasteiger partial charge on any atom is -0.481 e. The summed E-state index contributed by atoms with van der Waals surface area (Å²) in [6, 6.07) is 0. The van der Waals surface area contributed by atoms with Crippen LogP contribution in [-0.2, 0) is 11.2 Å². The van der Waals surface area contributed by atoms with Gasteiger partial charge in [-0.1, -0.05) is 19.0 Å². The van der Waals surface area contributed by atoms with E-state index >= 15 is 0 Å². The van der Waals surface area contributed by atoms with E-state index in [1.807, 2.05) is 13.8 Å². The van der Waals surface area contributed by atoms with Gasteiger partial charge in [-0.2, -0.15) is 4.98 Å². The van der Waals surface area contributed by atoms with Gasteiger partial charge >= 0.3 is 5.97 Å². The molecule has 0 amide bonds. The first-order valence-corrected chi connectivity index (χ1v) is 4.64. The first-order chi connectivity index (χ1) is 6.59. The number of aryl methyl sites for hydroxylation is 1. The molecule has 0 bridgehead atoms. The average molecular weight is 198 g/mol. The highest BCUT2D eigenvalue weighted by molar-refractivity contribution is 5.66. The quantitative estimate of drug-likeness (QED) is 0.777. The maximum absolute atomic E-state index is 10.2. The Morgan fingerprint density at radius 3 is 2.79 bits per heavy atom. The summed E-state index contributed by atoms with van der Waals surface area (Å²) in [4.78, 5) is 14.4. The number of carboxylic acids is 1. The topological polar surface area (TPSA) is 76.2 Å². The van der Waals surface area contributed by atoms with Crippen molar-refractivity contribution in [3.8, 4) is 0 Å². The predicted molar refractivity (Wildman–Crippen MR) is 49.0 cm³/mol. The third kappa shape index (κ3) is 3.16. The average Bonchev–Trinajstić information content (AvgIpc) is 2.52. The van der Waals surface area contributed by atoms with Crippen LogP contribution in [-0.4, -0.2) is 21.2 Å². The summed E-state index contributed by atoms with van der Waals surface area (Å²) in [7, 11) is 0. The Morgan fingerprint density at radius 2 is 2.29 bits per heavy atom. The number of aromatic nitrogens is 2. The van der Waals surface area contributed by atoms with Gasteiger partial charge in [0.1, 0.15) is 0 Å². The SMILES string of the molecule is CC(C)c1noc(CCCC(=O)O)n1. The normalized spacial score (nSPS) is 10.8.